The number of hydrogen-bond donors (Lipinski definition) is 1. The summed E-state index contributed by atoms with van der Waals surface area (Å²) in [6.45, 7) is 10.1. The highest BCUT2D eigenvalue weighted by atomic mass is 32.2. The van der Waals surface area contributed by atoms with Gasteiger partial charge in [-0.3, -0.25) is 0 Å². The second-order valence-corrected chi connectivity index (χ2v) is 8.29. The molecule has 0 aliphatic heterocycles. The van der Waals surface area contributed by atoms with Gasteiger partial charge in [0.1, 0.15) is 4.21 Å². The first kappa shape index (κ1) is 17.6. The SMILES string of the molecule is CCCN(CCC)S(=O)(=O)c1cc(CNC(C)C)cs1. The van der Waals surface area contributed by atoms with Gasteiger partial charge in [-0.25, -0.2) is 8.42 Å². The van der Waals surface area contributed by atoms with Crippen molar-refractivity contribution in [2.75, 3.05) is 13.1 Å². The largest absolute Gasteiger partial charge is 0.310 e. The summed E-state index contributed by atoms with van der Waals surface area (Å²) in [7, 11) is -3.32. The van der Waals surface area contributed by atoms with Crippen molar-refractivity contribution in [2.45, 2.75) is 57.3 Å². The molecule has 4 nitrogen and oxygen atoms in total. The van der Waals surface area contributed by atoms with Crippen molar-refractivity contribution in [3.63, 3.8) is 0 Å². The molecule has 0 saturated heterocycles. The van der Waals surface area contributed by atoms with Crippen molar-refractivity contribution in [2.24, 2.45) is 0 Å². The summed E-state index contributed by atoms with van der Waals surface area (Å²) in [4.78, 5) is 0. The van der Waals surface area contributed by atoms with Crippen LogP contribution in [-0.2, 0) is 16.6 Å². The molecule has 1 N–H and O–H groups in total. The summed E-state index contributed by atoms with van der Waals surface area (Å²) >= 11 is 1.32. The van der Waals surface area contributed by atoms with Crippen LogP contribution in [0.1, 0.15) is 46.1 Å². The van der Waals surface area contributed by atoms with E-state index < -0.39 is 10.0 Å². The Hall–Kier alpha value is -0.430. The first-order valence-electron chi connectivity index (χ1n) is 7.22. The number of thiophene rings is 1. The lowest BCUT2D eigenvalue weighted by Gasteiger charge is -2.19. The lowest BCUT2D eigenvalue weighted by atomic mass is 10.3. The summed E-state index contributed by atoms with van der Waals surface area (Å²) in [5.41, 5.74) is 1.04. The lowest BCUT2D eigenvalue weighted by Crippen LogP contribution is -2.32. The van der Waals surface area contributed by atoms with Crippen LogP contribution < -0.4 is 5.32 Å². The van der Waals surface area contributed by atoms with Gasteiger partial charge >= 0.3 is 0 Å². The first-order chi connectivity index (χ1) is 9.41. The molecule has 0 saturated carbocycles. The van der Waals surface area contributed by atoms with Crippen LogP contribution in [0.4, 0.5) is 0 Å². The van der Waals surface area contributed by atoms with E-state index in [2.05, 4.69) is 19.2 Å². The fourth-order valence-corrected chi connectivity index (χ4v) is 4.87. The molecule has 0 amide bonds. The van der Waals surface area contributed by atoms with Gasteiger partial charge in [0.2, 0.25) is 0 Å². The average molecular weight is 319 g/mol. The highest BCUT2D eigenvalue weighted by Gasteiger charge is 2.24. The molecule has 0 aromatic carbocycles. The van der Waals surface area contributed by atoms with E-state index in [4.69, 9.17) is 0 Å². The zero-order chi connectivity index (χ0) is 15.2. The Labute approximate surface area is 127 Å². The minimum atomic E-state index is -3.32. The van der Waals surface area contributed by atoms with Crippen molar-refractivity contribution in [1.29, 1.82) is 0 Å². The Morgan fingerprint density at radius 1 is 1.25 bits per heavy atom. The standard InChI is InChI=1S/C14H26N2O2S2/c1-5-7-16(8-6-2)20(17,18)14-9-13(11-19-14)10-15-12(3)4/h9,11-12,15H,5-8,10H2,1-4H3. The zero-order valence-electron chi connectivity index (χ0n) is 12.8. The summed E-state index contributed by atoms with van der Waals surface area (Å²) in [6.07, 6.45) is 1.68. The third-order valence-electron chi connectivity index (χ3n) is 2.88. The maximum absolute atomic E-state index is 12.6. The van der Waals surface area contributed by atoms with Gasteiger partial charge in [-0.15, -0.1) is 11.3 Å². The molecule has 1 aromatic heterocycles. The second-order valence-electron chi connectivity index (χ2n) is 5.21. The predicted octanol–water partition coefficient (Wildman–Crippen LogP) is 3.06. The number of hydrogen-bond acceptors (Lipinski definition) is 4. The van der Waals surface area contributed by atoms with Gasteiger partial charge < -0.3 is 5.32 Å². The van der Waals surface area contributed by atoms with Gasteiger partial charge in [-0.1, -0.05) is 27.7 Å². The fraction of sp³-hybridized carbons (Fsp3) is 0.714. The van der Waals surface area contributed by atoms with Crippen molar-refractivity contribution >= 4 is 21.4 Å². The fourth-order valence-electron chi connectivity index (χ4n) is 1.88. The molecule has 116 valence electrons. The van der Waals surface area contributed by atoms with Gasteiger partial charge in [-0.05, 0) is 29.9 Å². The number of nitrogens with one attached hydrogen (secondary N) is 1. The third kappa shape index (κ3) is 4.84. The molecule has 0 spiro atoms. The first-order valence-corrected chi connectivity index (χ1v) is 9.54. The van der Waals surface area contributed by atoms with Crippen LogP contribution in [0.3, 0.4) is 0 Å². The van der Waals surface area contributed by atoms with Crippen LogP contribution in [-0.4, -0.2) is 31.9 Å². The van der Waals surface area contributed by atoms with E-state index in [0.717, 1.165) is 18.4 Å². The van der Waals surface area contributed by atoms with Gasteiger partial charge in [-0.2, -0.15) is 4.31 Å². The maximum atomic E-state index is 12.6. The highest BCUT2D eigenvalue weighted by molar-refractivity contribution is 7.91. The number of rotatable bonds is 9. The summed E-state index contributed by atoms with van der Waals surface area (Å²) < 4.78 is 27.2. The number of sulfonamides is 1. The molecular weight excluding hydrogens is 292 g/mol. The van der Waals surface area contributed by atoms with Gasteiger partial charge in [0.15, 0.2) is 0 Å². The molecule has 0 radical (unpaired) electrons. The molecule has 0 atom stereocenters. The Kier molecular flexibility index (Phi) is 7.15. The van der Waals surface area contributed by atoms with Crippen molar-refractivity contribution < 1.29 is 8.42 Å². The van der Waals surface area contributed by atoms with Gasteiger partial charge in [0.05, 0.1) is 0 Å². The minimum absolute atomic E-state index is 0.395. The van der Waals surface area contributed by atoms with Gasteiger partial charge in [0.25, 0.3) is 10.0 Å². The quantitative estimate of drug-likeness (QED) is 0.761. The van der Waals surface area contributed by atoms with Crippen LogP contribution in [0, 0.1) is 0 Å². The summed E-state index contributed by atoms with van der Waals surface area (Å²) in [5.74, 6) is 0. The van der Waals surface area contributed by atoms with Crippen LogP contribution in [0.2, 0.25) is 0 Å². The molecule has 0 aliphatic carbocycles. The molecule has 0 unspecified atom stereocenters. The predicted molar refractivity (Wildman–Crippen MR) is 85.6 cm³/mol. The Morgan fingerprint density at radius 3 is 2.35 bits per heavy atom. The molecule has 1 aromatic rings. The molecule has 1 rings (SSSR count). The van der Waals surface area contributed by atoms with E-state index in [9.17, 15) is 8.42 Å². The Bertz CT molecular complexity index is 489. The molecule has 0 aliphatic rings. The van der Waals surface area contributed by atoms with E-state index in [0.29, 0.717) is 29.9 Å². The second kappa shape index (κ2) is 8.12. The van der Waals surface area contributed by atoms with E-state index in [1.54, 1.807) is 10.4 Å². The topological polar surface area (TPSA) is 49.4 Å². The normalized spacial score (nSPS) is 12.5. The van der Waals surface area contributed by atoms with Crippen molar-refractivity contribution in [3.05, 3.63) is 17.0 Å². The zero-order valence-corrected chi connectivity index (χ0v) is 14.5. The number of nitrogens with zero attached hydrogens (tertiary/aromatic N) is 1. The van der Waals surface area contributed by atoms with Crippen LogP contribution in [0.25, 0.3) is 0 Å². The highest BCUT2D eigenvalue weighted by Crippen LogP contribution is 2.24. The van der Waals surface area contributed by atoms with Crippen LogP contribution in [0.15, 0.2) is 15.7 Å². The Morgan fingerprint density at radius 2 is 1.85 bits per heavy atom. The minimum Gasteiger partial charge on any atom is -0.310 e. The smallest absolute Gasteiger partial charge is 0.252 e. The summed E-state index contributed by atoms with van der Waals surface area (Å²) in [5, 5.41) is 5.23. The van der Waals surface area contributed by atoms with E-state index in [1.165, 1.54) is 11.3 Å². The monoisotopic (exact) mass is 318 g/mol. The van der Waals surface area contributed by atoms with Crippen LogP contribution in [0.5, 0.6) is 0 Å². The van der Waals surface area contributed by atoms with E-state index >= 15 is 0 Å². The third-order valence-corrected chi connectivity index (χ3v) is 6.25. The van der Waals surface area contributed by atoms with Crippen molar-refractivity contribution in [3.8, 4) is 0 Å². The Balaban J connectivity index is 2.85. The molecule has 0 fully saturated rings. The molecule has 20 heavy (non-hydrogen) atoms. The lowest BCUT2D eigenvalue weighted by molar-refractivity contribution is 0.411. The molecule has 0 bridgehead atoms. The van der Waals surface area contributed by atoms with E-state index in [-0.39, 0.29) is 0 Å². The average Bonchev–Trinajstić information content (AvgIpc) is 2.85. The van der Waals surface area contributed by atoms with Crippen molar-refractivity contribution in [1.82, 2.24) is 9.62 Å². The van der Waals surface area contributed by atoms with Crippen LogP contribution >= 0.6 is 11.3 Å². The van der Waals surface area contributed by atoms with E-state index in [1.807, 2.05) is 19.2 Å². The summed E-state index contributed by atoms with van der Waals surface area (Å²) in [6, 6.07) is 2.19. The maximum Gasteiger partial charge on any atom is 0.252 e. The van der Waals surface area contributed by atoms with Gasteiger partial charge in [0, 0.05) is 25.7 Å². The molecular formula is C14H26N2O2S2. The molecule has 1 heterocycles. The molecule has 6 heteroatoms.